The molecule has 1 aromatic carbocycles. The zero-order valence-electron chi connectivity index (χ0n) is 8.74. The minimum absolute atomic E-state index is 0.254. The zero-order chi connectivity index (χ0) is 11.5. The molecule has 0 aliphatic rings. The molecule has 5 heteroatoms. The lowest BCUT2D eigenvalue weighted by atomic mass is 10.1. The topological polar surface area (TPSA) is 61.3 Å². The van der Waals surface area contributed by atoms with Crippen molar-refractivity contribution in [3.05, 3.63) is 35.8 Å². The molecule has 0 radical (unpaired) electrons. The lowest BCUT2D eigenvalue weighted by molar-refractivity contribution is 0.411. The van der Waals surface area contributed by atoms with Gasteiger partial charge in [-0.05, 0) is 12.1 Å². The molecule has 2 rings (SSSR count). The molecule has 0 unspecified atom stereocenters. The van der Waals surface area contributed by atoms with Crippen LogP contribution in [0.3, 0.4) is 0 Å². The number of benzene rings is 1. The van der Waals surface area contributed by atoms with Crippen LogP contribution < -0.4 is 10.5 Å². The fraction of sp³-hybridized carbons (Fsp3) is 0.182. The molecule has 84 valence electrons. The lowest BCUT2D eigenvalue weighted by Crippen LogP contribution is -1.98. The van der Waals surface area contributed by atoms with Crippen LogP contribution in [0.4, 0.5) is 4.39 Å². The van der Waals surface area contributed by atoms with Gasteiger partial charge < -0.3 is 15.0 Å². The van der Waals surface area contributed by atoms with Crippen LogP contribution in [0.2, 0.25) is 0 Å². The summed E-state index contributed by atoms with van der Waals surface area (Å²) in [5.74, 6) is 0.0435. The van der Waals surface area contributed by atoms with E-state index in [1.54, 1.807) is 12.1 Å². The van der Waals surface area contributed by atoms with E-state index >= 15 is 0 Å². The Bertz CT molecular complexity index is 496. The largest absolute Gasteiger partial charge is 0.497 e. The van der Waals surface area contributed by atoms with Crippen molar-refractivity contribution < 1.29 is 13.7 Å². The highest BCUT2D eigenvalue weighted by atomic mass is 19.1. The summed E-state index contributed by atoms with van der Waals surface area (Å²) >= 11 is 0. The second kappa shape index (κ2) is 4.32. The van der Waals surface area contributed by atoms with Gasteiger partial charge in [0.1, 0.15) is 23.5 Å². The van der Waals surface area contributed by atoms with Crippen LogP contribution in [0.5, 0.6) is 5.75 Å². The molecule has 0 amide bonds. The summed E-state index contributed by atoms with van der Waals surface area (Å²) < 4.78 is 23.4. The SMILES string of the molecule is COc1ccc(-c2nocc2CN)c(F)c1. The van der Waals surface area contributed by atoms with Gasteiger partial charge in [0.15, 0.2) is 0 Å². The average Bonchev–Trinajstić information content (AvgIpc) is 2.76. The molecule has 0 saturated carbocycles. The summed E-state index contributed by atoms with van der Waals surface area (Å²) in [5, 5.41) is 3.74. The first-order valence-corrected chi connectivity index (χ1v) is 4.73. The third-order valence-corrected chi connectivity index (χ3v) is 2.29. The van der Waals surface area contributed by atoms with E-state index in [0.717, 1.165) is 0 Å². The fourth-order valence-electron chi connectivity index (χ4n) is 1.44. The molecule has 0 aliphatic heterocycles. The molecular weight excluding hydrogens is 211 g/mol. The Balaban J connectivity index is 2.48. The average molecular weight is 222 g/mol. The van der Waals surface area contributed by atoms with Crippen molar-refractivity contribution in [3.8, 4) is 17.0 Å². The van der Waals surface area contributed by atoms with Crippen LogP contribution in [0.25, 0.3) is 11.3 Å². The van der Waals surface area contributed by atoms with Gasteiger partial charge in [0.2, 0.25) is 0 Å². The van der Waals surface area contributed by atoms with E-state index < -0.39 is 5.82 Å². The molecular formula is C11H11FN2O2. The molecule has 1 aromatic heterocycles. The number of hydrogen-bond donors (Lipinski definition) is 1. The predicted molar refractivity (Wildman–Crippen MR) is 56.3 cm³/mol. The maximum absolute atomic E-state index is 13.7. The quantitative estimate of drug-likeness (QED) is 0.862. The summed E-state index contributed by atoms with van der Waals surface area (Å²) in [6.07, 6.45) is 1.42. The summed E-state index contributed by atoms with van der Waals surface area (Å²) in [4.78, 5) is 0. The van der Waals surface area contributed by atoms with Gasteiger partial charge in [0.25, 0.3) is 0 Å². The van der Waals surface area contributed by atoms with Gasteiger partial charge in [0, 0.05) is 23.7 Å². The summed E-state index contributed by atoms with van der Waals surface area (Å²) in [6.45, 7) is 0.254. The Hall–Kier alpha value is -1.88. The summed E-state index contributed by atoms with van der Waals surface area (Å²) in [5.41, 5.74) is 6.95. The molecule has 0 atom stereocenters. The van der Waals surface area contributed by atoms with E-state index in [1.165, 1.54) is 19.4 Å². The number of aromatic nitrogens is 1. The molecule has 0 saturated heterocycles. The Morgan fingerprint density at radius 3 is 2.94 bits per heavy atom. The van der Waals surface area contributed by atoms with Crippen LogP contribution in [0, 0.1) is 5.82 Å². The van der Waals surface area contributed by atoms with Gasteiger partial charge in [-0.1, -0.05) is 5.16 Å². The first-order chi connectivity index (χ1) is 7.76. The van der Waals surface area contributed by atoms with E-state index in [-0.39, 0.29) is 6.54 Å². The van der Waals surface area contributed by atoms with Gasteiger partial charge in [-0.2, -0.15) is 0 Å². The van der Waals surface area contributed by atoms with Gasteiger partial charge in [-0.3, -0.25) is 0 Å². The fourth-order valence-corrected chi connectivity index (χ4v) is 1.44. The molecule has 0 bridgehead atoms. The number of nitrogens with two attached hydrogens (primary N) is 1. The predicted octanol–water partition coefficient (Wildman–Crippen LogP) is 1.95. The van der Waals surface area contributed by atoms with Crippen LogP contribution >= 0.6 is 0 Å². The second-order valence-corrected chi connectivity index (χ2v) is 3.24. The van der Waals surface area contributed by atoms with Crippen molar-refractivity contribution in [2.75, 3.05) is 7.11 Å². The van der Waals surface area contributed by atoms with Crippen LogP contribution in [-0.4, -0.2) is 12.3 Å². The van der Waals surface area contributed by atoms with Crippen molar-refractivity contribution in [1.29, 1.82) is 0 Å². The highest BCUT2D eigenvalue weighted by molar-refractivity contribution is 5.63. The molecule has 16 heavy (non-hydrogen) atoms. The van der Waals surface area contributed by atoms with Gasteiger partial charge >= 0.3 is 0 Å². The monoisotopic (exact) mass is 222 g/mol. The maximum Gasteiger partial charge on any atom is 0.136 e. The highest BCUT2D eigenvalue weighted by Gasteiger charge is 2.13. The van der Waals surface area contributed by atoms with E-state index in [0.29, 0.717) is 22.6 Å². The third kappa shape index (κ3) is 1.77. The minimum atomic E-state index is -0.414. The first-order valence-electron chi connectivity index (χ1n) is 4.73. The molecule has 0 aliphatic carbocycles. The maximum atomic E-state index is 13.7. The lowest BCUT2D eigenvalue weighted by Gasteiger charge is -2.04. The van der Waals surface area contributed by atoms with E-state index in [9.17, 15) is 4.39 Å². The third-order valence-electron chi connectivity index (χ3n) is 2.29. The van der Waals surface area contributed by atoms with Crippen LogP contribution in [0.1, 0.15) is 5.56 Å². The van der Waals surface area contributed by atoms with Crippen LogP contribution in [-0.2, 0) is 6.54 Å². The van der Waals surface area contributed by atoms with Crippen LogP contribution in [0.15, 0.2) is 29.0 Å². The smallest absolute Gasteiger partial charge is 0.136 e. The number of halogens is 1. The number of methoxy groups -OCH3 is 1. The minimum Gasteiger partial charge on any atom is -0.497 e. The van der Waals surface area contributed by atoms with Gasteiger partial charge in [0.05, 0.1) is 7.11 Å². The van der Waals surface area contributed by atoms with E-state index in [4.69, 9.17) is 15.0 Å². The second-order valence-electron chi connectivity index (χ2n) is 3.24. The summed E-state index contributed by atoms with van der Waals surface area (Å²) in [7, 11) is 1.48. The normalized spacial score (nSPS) is 10.4. The van der Waals surface area contributed by atoms with Crippen molar-refractivity contribution in [3.63, 3.8) is 0 Å². The number of hydrogen-bond acceptors (Lipinski definition) is 4. The molecule has 4 nitrogen and oxygen atoms in total. The Morgan fingerprint density at radius 2 is 2.31 bits per heavy atom. The van der Waals surface area contributed by atoms with Crippen molar-refractivity contribution in [1.82, 2.24) is 5.16 Å². The molecule has 0 spiro atoms. The highest BCUT2D eigenvalue weighted by Crippen LogP contribution is 2.27. The zero-order valence-corrected chi connectivity index (χ0v) is 8.74. The number of rotatable bonds is 3. The standard InChI is InChI=1S/C11H11FN2O2/c1-15-8-2-3-9(10(12)4-8)11-7(5-13)6-16-14-11/h2-4,6H,5,13H2,1H3. The van der Waals surface area contributed by atoms with Gasteiger partial charge in [-0.15, -0.1) is 0 Å². The van der Waals surface area contributed by atoms with E-state index in [2.05, 4.69) is 5.16 Å². The number of ether oxygens (including phenoxy) is 1. The Kier molecular flexibility index (Phi) is 2.87. The number of nitrogens with zero attached hydrogens (tertiary/aromatic N) is 1. The van der Waals surface area contributed by atoms with Gasteiger partial charge in [-0.25, -0.2) is 4.39 Å². The molecule has 0 fully saturated rings. The van der Waals surface area contributed by atoms with Crippen molar-refractivity contribution >= 4 is 0 Å². The van der Waals surface area contributed by atoms with Crippen molar-refractivity contribution in [2.24, 2.45) is 5.73 Å². The molecule has 2 N–H and O–H groups in total. The van der Waals surface area contributed by atoms with Crippen molar-refractivity contribution in [2.45, 2.75) is 6.54 Å². The Morgan fingerprint density at radius 1 is 1.50 bits per heavy atom. The first kappa shape index (κ1) is 10.6. The molecule has 2 aromatic rings. The molecule has 1 heterocycles. The van der Waals surface area contributed by atoms with E-state index in [1.807, 2.05) is 0 Å². The summed E-state index contributed by atoms with van der Waals surface area (Å²) in [6, 6.07) is 4.54. The Labute approximate surface area is 91.8 Å².